The van der Waals surface area contributed by atoms with Crippen LogP contribution in [0.5, 0.6) is 0 Å². The number of carbonyl (C=O) groups is 1. The molecule has 0 saturated heterocycles. The maximum atomic E-state index is 12.8. The Labute approximate surface area is 96.2 Å². The van der Waals surface area contributed by atoms with Crippen LogP contribution in [0.15, 0.2) is 18.2 Å². The van der Waals surface area contributed by atoms with E-state index in [9.17, 15) is 18.0 Å². The van der Waals surface area contributed by atoms with Gasteiger partial charge in [-0.3, -0.25) is 4.79 Å². The van der Waals surface area contributed by atoms with Crippen molar-refractivity contribution in [2.75, 3.05) is 0 Å². The second kappa shape index (κ2) is 4.45. The predicted octanol–water partition coefficient (Wildman–Crippen LogP) is 3.88. The minimum atomic E-state index is -4.50. The molecule has 1 aromatic carbocycles. The number of ketones is 1. The van der Waals surface area contributed by atoms with Gasteiger partial charge in [0.15, 0.2) is 5.78 Å². The van der Waals surface area contributed by atoms with Crippen LogP contribution in [0.4, 0.5) is 13.2 Å². The van der Waals surface area contributed by atoms with Crippen molar-refractivity contribution in [3.63, 3.8) is 0 Å². The second-order valence-corrected chi connectivity index (χ2v) is 3.95. The van der Waals surface area contributed by atoms with E-state index in [0.29, 0.717) is 0 Å². The van der Waals surface area contributed by atoms with Crippen molar-refractivity contribution >= 4 is 17.4 Å². The number of alkyl halides is 4. The topological polar surface area (TPSA) is 17.1 Å². The van der Waals surface area contributed by atoms with Crippen LogP contribution in [0.2, 0.25) is 0 Å². The molecular weight excluding hydrogens is 241 g/mol. The first kappa shape index (κ1) is 13.0. The first-order valence-electron chi connectivity index (χ1n) is 4.56. The molecule has 1 unspecified atom stereocenters. The molecule has 0 fully saturated rings. The molecule has 1 aromatic rings. The van der Waals surface area contributed by atoms with Gasteiger partial charge >= 0.3 is 6.18 Å². The fraction of sp³-hybridized carbons (Fsp3) is 0.364. The van der Waals surface area contributed by atoms with Gasteiger partial charge in [0.25, 0.3) is 0 Å². The maximum absolute atomic E-state index is 12.8. The van der Waals surface area contributed by atoms with E-state index < -0.39 is 22.9 Å². The number of rotatable bonds is 2. The standard InChI is InChI=1S/C11H10ClF3O/c1-6-4-3-5-8(10(12)7(2)16)9(6)11(13,14)15/h3-5,10H,1-2H3. The quantitative estimate of drug-likeness (QED) is 0.728. The zero-order valence-corrected chi connectivity index (χ0v) is 9.49. The van der Waals surface area contributed by atoms with Crippen LogP contribution in [-0.2, 0) is 11.0 Å². The highest BCUT2D eigenvalue weighted by atomic mass is 35.5. The van der Waals surface area contributed by atoms with Crippen LogP contribution in [0.1, 0.15) is 29.0 Å². The van der Waals surface area contributed by atoms with Crippen molar-refractivity contribution in [1.29, 1.82) is 0 Å². The van der Waals surface area contributed by atoms with Crippen molar-refractivity contribution < 1.29 is 18.0 Å². The molecule has 0 amide bonds. The third-order valence-electron chi connectivity index (χ3n) is 2.22. The van der Waals surface area contributed by atoms with E-state index in [-0.39, 0.29) is 11.1 Å². The molecule has 16 heavy (non-hydrogen) atoms. The SMILES string of the molecule is CC(=O)C(Cl)c1cccc(C)c1C(F)(F)F. The number of benzene rings is 1. The number of hydrogen-bond acceptors (Lipinski definition) is 1. The lowest BCUT2D eigenvalue weighted by Gasteiger charge is -2.17. The average Bonchev–Trinajstić information content (AvgIpc) is 2.14. The normalized spacial score (nSPS) is 13.6. The largest absolute Gasteiger partial charge is 0.416 e. The molecule has 0 saturated carbocycles. The Kier molecular flexibility index (Phi) is 3.63. The molecule has 0 aliphatic carbocycles. The fourth-order valence-electron chi connectivity index (χ4n) is 1.51. The summed E-state index contributed by atoms with van der Waals surface area (Å²) in [5.74, 6) is -0.502. The molecular formula is C11H10ClF3O. The van der Waals surface area contributed by atoms with Gasteiger partial charge < -0.3 is 0 Å². The lowest BCUT2D eigenvalue weighted by Crippen LogP contribution is -2.15. The lowest BCUT2D eigenvalue weighted by atomic mass is 9.97. The maximum Gasteiger partial charge on any atom is 0.416 e. The van der Waals surface area contributed by atoms with Crippen molar-refractivity contribution in [2.45, 2.75) is 25.4 Å². The first-order chi connectivity index (χ1) is 7.25. The highest BCUT2D eigenvalue weighted by molar-refractivity contribution is 6.30. The summed E-state index contributed by atoms with van der Waals surface area (Å²) in [4.78, 5) is 11.0. The van der Waals surface area contributed by atoms with Gasteiger partial charge in [0.2, 0.25) is 0 Å². The van der Waals surface area contributed by atoms with Crippen LogP contribution in [0.3, 0.4) is 0 Å². The Morgan fingerprint density at radius 2 is 1.94 bits per heavy atom. The molecule has 5 heteroatoms. The molecule has 0 aliphatic heterocycles. The van der Waals surface area contributed by atoms with E-state index in [1.54, 1.807) is 0 Å². The highest BCUT2D eigenvalue weighted by Crippen LogP contribution is 2.38. The van der Waals surface area contributed by atoms with Gasteiger partial charge in [-0.05, 0) is 25.0 Å². The van der Waals surface area contributed by atoms with E-state index in [1.165, 1.54) is 32.0 Å². The number of aryl methyl sites for hydroxylation is 1. The molecule has 0 radical (unpaired) electrons. The molecule has 0 spiro atoms. The summed E-state index contributed by atoms with van der Waals surface area (Å²) in [6, 6.07) is 4.03. The summed E-state index contributed by atoms with van der Waals surface area (Å²) in [7, 11) is 0. The third-order valence-corrected chi connectivity index (χ3v) is 2.76. The zero-order chi connectivity index (χ0) is 12.5. The summed E-state index contributed by atoms with van der Waals surface area (Å²) >= 11 is 5.67. The minimum Gasteiger partial charge on any atom is -0.298 e. The van der Waals surface area contributed by atoms with Crippen LogP contribution in [0, 0.1) is 6.92 Å². The van der Waals surface area contributed by atoms with E-state index in [4.69, 9.17) is 11.6 Å². The average molecular weight is 251 g/mol. The predicted molar refractivity (Wildman–Crippen MR) is 55.5 cm³/mol. The van der Waals surface area contributed by atoms with E-state index in [1.807, 2.05) is 0 Å². The summed E-state index contributed by atoms with van der Waals surface area (Å²) in [6.45, 7) is 2.51. The Bertz CT molecular complexity index is 412. The van der Waals surface area contributed by atoms with E-state index in [2.05, 4.69) is 0 Å². The van der Waals surface area contributed by atoms with E-state index in [0.717, 1.165) is 0 Å². The third kappa shape index (κ3) is 2.55. The van der Waals surface area contributed by atoms with Gasteiger partial charge in [-0.1, -0.05) is 18.2 Å². The minimum absolute atomic E-state index is 0.0666. The monoisotopic (exact) mass is 250 g/mol. The van der Waals surface area contributed by atoms with Crippen molar-refractivity contribution in [3.8, 4) is 0 Å². The Hall–Kier alpha value is -1.03. The Morgan fingerprint density at radius 1 is 1.38 bits per heavy atom. The Balaban J connectivity index is 3.40. The van der Waals surface area contributed by atoms with Crippen LogP contribution in [0.25, 0.3) is 0 Å². The summed E-state index contributed by atoms with van der Waals surface area (Å²) in [5.41, 5.74) is -0.927. The molecule has 0 N–H and O–H groups in total. The number of hydrogen-bond donors (Lipinski definition) is 0. The molecule has 1 nitrogen and oxygen atoms in total. The van der Waals surface area contributed by atoms with Crippen LogP contribution >= 0.6 is 11.6 Å². The molecule has 88 valence electrons. The van der Waals surface area contributed by atoms with Gasteiger partial charge in [-0.15, -0.1) is 11.6 Å². The highest BCUT2D eigenvalue weighted by Gasteiger charge is 2.37. The van der Waals surface area contributed by atoms with Gasteiger partial charge in [-0.25, -0.2) is 0 Å². The molecule has 0 aliphatic rings. The summed E-state index contributed by atoms with van der Waals surface area (Å²) < 4.78 is 38.3. The van der Waals surface area contributed by atoms with Crippen molar-refractivity contribution in [2.24, 2.45) is 0 Å². The van der Waals surface area contributed by atoms with Crippen LogP contribution < -0.4 is 0 Å². The van der Waals surface area contributed by atoms with Crippen molar-refractivity contribution in [1.82, 2.24) is 0 Å². The fourth-order valence-corrected chi connectivity index (χ4v) is 1.69. The van der Waals surface area contributed by atoms with E-state index >= 15 is 0 Å². The van der Waals surface area contributed by atoms with Gasteiger partial charge in [-0.2, -0.15) is 13.2 Å². The molecule has 0 bridgehead atoms. The smallest absolute Gasteiger partial charge is 0.298 e. The second-order valence-electron chi connectivity index (χ2n) is 3.51. The Morgan fingerprint density at radius 3 is 2.38 bits per heavy atom. The molecule has 0 aromatic heterocycles. The van der Waals surface area contributed by atoms with Gasteiger partial charge in [0.05, 0.1) is 5.56 Å². The van der Waals surface area contributed by atoms with Gasteiger partial charge in [0, 0.05) is 0 Å². The first-order valence-corrected chi connectivity index (χ1v) is 5.00. The molecule has 1 atom stereocenters. The number of carbonyl (C=O) groups excluding carboxylic acids is 1. The van der Waals surface area contributed by atoms with Crippen molar-refractivity contribution in [3.05, 3.63) is 34.9 Å². The molecule has 1 rings (SSSR count). The summed E-state index contributed by atoms with van der Waals surface area (Å²) in [5, 5.41) is -1.25. The van der Waals surface area contributed by atoms with Gasteiger partial charge in [0.1, 0.15) is 5.38 Å². The zero-order valence-electron chi connectivity index (χ0n) is 8.73. The number of halogens is 4. The van der Waals surface area contributed by atoms with Crippen LogP contribution in [-0.4, -0.2) is 5.78 Å². The number of Topliss-reactive ketones (excluding diaryl/α,β-unsaturated/α-hetero) is 1. The lowest BCUT2D eigenvalue weighted by molar-refractivity contribution is -0.138. The molecule has 0 heterocycles. The summed E-state index contributed by atoms with van der Waals surface area (Å²) in [6.07, 6.45) is -4.50.